The second-order valence-electron chi connectivity index (χ2n) is 3.86. The largest absolute Gasteiger partial charge is 0.300 e. The third-order valence-electron chi connectivity index (χ3n) is 2.64. The molecule has 0 unspecified atom stereocenters. The van der Waals surface area contributed by atoms with Gasteiger partial charge in [0.1, 0.15) is 17.4 Å². The number of nitrogens with one attached hydrogen (secondary N) is 1. The van der Waals surface area contributed by atoms with Gasteiger partial charge in [-0.15, -0.1) is 0 Å². The predicted molar refractivity (Wildman–Crippen MR) is 79.4 cm³/mol. The maximum Gasteiger partial charge on any atom is 0.270 e. The lowest BCUT2D eigenvalue weighted by atomic mass is 10.0. The molecule has 0 fully saturated rings. The molecule has 4 nitrogen and oxygen atoms in total. The molecule has 1 aromatic heterocycles. The number of nitrogens with zero attached hydrogens (tertiary/aromatic N) is 2. The average Bonchev–Trinajstić information content (AvgIpc) is 2.47. The smallest absolute Gasteiger partial charge is 0.270 e. The van der Waals surface area contributed by atoms with Crippen LogP contribution < -0.4 is 5.56 Å². The fourth-order valence-electron chi connectivity index (χ4n) is 1.68. The fourth-order valence-corrected chi connectivity index (χ4v) is 2.41. The Bertz CT molecular complexity index is 754. The van der Waals surface area contributed by atoms with E-state index in [-0.39, 0.29) is 16.8 Å². The van der Waals surface area contributed by atoms with Crippen LogP contribution in [0.3, 0.4) is 0 Å². The molecule has 102 valence electrons. The second-order valence-corrected chi connectivity index (χ2v) is 5.21. The molecular weight excluding hydrogens is 345 g/mol. The zero-order valence-electron chi connectivity index (χ0n) is 10.4. The highest BCUT2D eigenvalue weighted by Gasteiger charge is 2.16. The lowest BCUT2D eigenvalue weighted by Gasteiger charge is -2.07. The number of hydrogen-bond donors (Lipinski definition) is 1. The van der Waals surface area contributed by atoms with Gasteiger partial charge >= 0.3 is 0 Å². The van der Waals surface area contributed by atoms with Crippen LogP contribution in [0.4, 0.5) is 4.39 Å². The summed E-state index contributed by atoms with van der Waals surface area (Å²) in [5, 5.41) is 9.98. The molecule has 0 aliphatic heterocycles. The van der Waals surface area contributed by atoms with Crippen molar-refractivity contribution >= 4 is 27.7 Å². The Labute approximate surface area is 127 Å². The zero-order chi connectivity index (χ0) is 14.7. The molecule has 0 bridgehead atoms. The van der Waals surface area contributed by atoms with Gasteiger partial charge in [0.2, 0.25) is 0 Å². The van der Waals surface area contributed by atoms with Crippen LogP contribution in [0.5, 0.6) is 0 Å². The summed E-state index contributed by atoms with van der Waals surface area (Å²) in [6, 6.07) is 6.29. The highest BCUT2D eigenvalue weighted by Crippen LogP contribution is 2.26. The topological polar surface area (TPSA) is 69.5 Å². The van der Waals surface area contributed by atoms with Gasteiger partial charge < -0.3 is 4.98 Å². The highest BCUT2D eigenvalue weighted by molar-refractivity contribution is 9.08. The minimum atomic E-state index is -0.564. The Morgan fingerprint density at radius 3 is 2.90 bits per heavy atom. The van der Waals surface area contributed by atoms with Crippen LogP contribution in [-0.2, 0) is 5.33 Å². The Morgan fingerprint density at radius 2 is 2.30 bits per heavy atom. The molecule has 0 saturated heterocycles. The van der Waals surface area contributed by atoms with Crippen molar-refractivity contribution in [2.75, 3.05) is 6.26 Å². The van der Waals surface area contributed by atoms with E-state index in [1.807, 2.05) is 0 Å². The first-order valence-electron chi connectivity index (χ1n) is 5.54. The monoisotopic (exact) mass is 353 g/mol. The summed E-state index contributed by atoms with van der Waals surface area (Å²) < 4.78 is 14.0. The molecule has 0 aliphatic carbocycles. The van der Waals surface area contributed by atoms with Crippen LogP contribution in [0.25, 0.3) is 11.3 Å². The van der Waals surface area contributed by atoms with Crippen LogP contribution in [0.1, 0.15) is 11.1 Å². The third-order valence-corrected chi connectivity index (χ3v) is 3.87. The lowest BCUT2D eigenvalue weighted by Crippen LogP contribution is -2.15. The molecule has 1 N–H and O–H groups in total. The third kappa shape index (κ3) is 2.76. The summed E-state index contributed by atoms with van der Waals surface area (Å²) >= 11 is 4.51. The molecule has 1 heterocycles. The van der Waals surface area contributed by atoms with Crippen molar-refractivity contribution in [2.24, 2.45) is 0 Å². The molecular formula is C13H9BrFN3OS. The van der Waals surface area contributed by atoms with Crippen LogP contribution in [0, 0.1) is 17.1 Å². The van der Waals surface area contributed by atoms with Crippen LogP contribution in [0.2, 0.25) is 0 Å². The van der Waals surface area contributed by atoms with E-state index in [0.717, 1.165) is 5.56 Å². The number of halogens is 2. The normalized spacial score (nSPS) is 10.3. The van der Waals surface area contributed by atoms with E-state index in [9.17, 15) is 9.18 Å². The number of thioether (sulfide) groups is 1. The predicted octanol–water partition coefficient (Wildman–Crippen LogP) is 3.06. The number of aromatic amines is 1. The minimum absolute atomic E-state index is 0.0703. The van der Waals surface area contributed by atoms with E-state index in [1.165, 1.54) is 17.8 Å². The van der Waals surface area contributed by atoms with Gasteiger partial charge in [-0.25, -0.2) is 9.37 Å². The van der Waals surface area contributed by atoms with Crippen LogP contribution >= 0.6 is 27.7 Å². The molecule has 20 heavy (non-hydrogen) atoms. The van der Waals surface area contributed by atoms with Gasteiger partial charge in [-0.3, -0.25) is 4.79 Å². The summed E-state index contributed by atoms with van der Waals surface area (Å²) in [6.45, 7) is 0. The molecule has 0 atom stereocenters. The maximum atomic E-state index is 14.0. The van der Waals surface area contributed by atoms with Gasteiger partial charge in [-0.2, -0.15) is 5.26 Å². The standard InChI is InChI=1S/C13H9BrFN3OS/c1-20-13-17-11(9(6-16)12(19)18-13)8-4-7(5-14)2-3-10(8)15/h2-4H,5H2,1H3,(H,17,18,19). The quantitative estimate of drug-likeness (QED) is 0.523. The molecule has 1 aromatic carbocycles. The molecule has 0 amide bonds. The minimum Gasteiger partial charge on any atom is -0.300 e. The first kappa shape index (κ1) is 14.8. The Kier molecular flexibility index (Phi) is 4.57. The van der Waals surface area contributed by atoms with E-state index >= 15 is 0 Å². The van der Waals surface area contributed by atoms with Crippen molar-refractivity contribution in [3.63, 3.8) is 0 Å². The van der Waals surface area contributed by atoms with E-state index in [1.54, 1.807) is 24.5 Å². The zero-order valence-corrected chi connectivity index (χ0v) is 12.8. The molecule has 7 heteroatoms. The Morgan fingerprint density at radius 1 is 1.55 bits per heavy atom. The number of hydrogen-bond acceptors (Lipinski definition) is 4. The number of rotatable bonds is 3. The number of alkyl halides is 1. The van der Waals surface area contributed by atoms with Crippen molar-refractivity contribution in [2.45, 2.75) is 10.5 Å². The first-order valence-corrected chi connectivity index (χ1v) is 7.88. The van der Waals surface area contributed by atoms with Gasteiger partial charge in [0.25, 0.3) is 5.56 Å². The van der Waals surface area contributed by atoms with Crippen molar-refractivity contribution in [3.8, 4) is 17.3 Å². The van der Waals surface area contributed by atoms with Crippen molar-refractivity contribution < 1.29 is 4.39 Å². The van der Waals surface area contributed by atoms with E-state index in [2.05, 4.69) is 25.9 Å². The van der Waals surface area contributed by atoms with E-state index in [0.29, 0.717) is 10.5 Å². The van der Waals surface area contributed by atoms with Crippen molar-refractivity contribution in [3.05, 3.63) is 45.5 Å². The summed E-state index contributed by atoms with van der Waals surface area (Å²) in [6.07, 6.45) is 1.74. The first-order chi connectivity index (χ1) is 9.60. The highest BCUT2D eigenvalue weighted by atomic mass is 79.9. The van der Waals surface area contributed by atoms with Gasteiger partial charge in [0, 0.05) is 10.9 Å². The molecule has 0 spiro atoms. The summed E-state index contributed by atoms with van der Waals surface area (Å²) in [7, 11) is 0. The lowest BCUT2D eigenvalue weighted by molar-refractivity contribution is 0.629. The SMILES string of the molecule is CSc1nc(-c2cc(CBr)ccc2F)c(C#N)c(=O)[nH]1. The van der Waals surface area contributed by atoms with Gasteiger partial charge in [-0.1, -0.05) is 33.8 Å². The van der Waals surface area contributed by atoms with E-state index < -0.39 is 11.4 Å². The summed E-state index contributed by atoms with van der Waals surface area (Å²) in [4.78, 5) is 18.5. The van der Waals surface area contributed by atoms with Crippen LogP contribution in [0.15, 0.2) is 28.2 Å². The van der Waals surface area contributed by atoms with Gasteiger partial charge in [0.05, 0.1) is 5.69 Å². The number of nitriles is 1. The van der Waals surface area contributed by atoms with Crippen LogP contribution in [-0.4, -0.2) is 16.2 Å². The summed E-state index contributed by atoms with van der Waals surface area (Å²) in [5.41, 5.74) is 0.304. The summed E-state index contributed by atoms with van der Waals surface area (Å²) in [5.74, 6) is -0.517. The number of benzene rings is 1. The Balaban J connectivity index is 2.78. The fraction of sp³-hybridized carbons (Fsp3) is 0.154. The van der Waals surface area contributed by atoms with Gasteiger partial charge in [0.15, 0.2) is 5.16 Å². The molecule has 0 radical (unpaired) electrons. The van der Waals surface area contributed by atoms with E-state index in [4.69, 9.17) is 5.26 Å². The average molecular weight is 354 g/mol. The maximum absolute atomic E-state index is 14.0. The van der Waals surface area contributed by atoms with Crippen molar-refractivity contribution in [1.29, 1.82) is 5.26 Å². The number of aromatic nitrogens is 2. The molecule has 2 aromatic rings. The molecule has 0 saturated carbocycles. The Hall–Kier alpha value is -1.65. The second kappa shape index (κ2) is 6.20. The molecule has 0 aliphatic rings. The van der Waals surface area contributed by atoms with Crippen molar-refractivity contribution in [1.82, 2.24) is 9.97 Å². The molecule has 2 rings (SSSR count). The van der Waals surface area contributed by atoms with Gasteiger partial charge in [-0.05, 0) is 24.0 Å². The number of H-pyrrole nitrogens is 1.